The number of aromatic nitrogens is 4. The summed E-state index contributed by atoms with van der Waals surface area (Å²) in [6, 6.07) is 16.7. The Morgan fingerprint density at radius 2 is 1.82 bits per heavy atom. The third-order valence-electron chi connectivity index (χ3n) is 6.64. The normalized spacial score (nSPS) is 14.6. The lowest BCUT2D eigenvalue weighted by Crippen LogP contribution is -2.44. The minimum Gasteiger partial charge on any atom is -0.465 e. The first kappa shape index (κ1) is 26.6. The molecule has 0 spiro atoms. The van der Waals surface area contributed by atoms with Crippen LogP contribution in [-0.4, -0.2) is 54.7 Å². The van der Waals surface area contributed by atoms with Crippen LogP contribution in [0.5, 0.6) is 0 Å². The van der Waals surface area contributed by atoms with E-state index in [-0.39, 0.29) is 5.91 Å². The maximum atomic E-state index is 13.8. The van der Waals surface area contributed by atoms with Gasteiger partial charge >= 0.3 is 6.09 Å². The van der Waals surface area contributed by atoms with Crippen LogP contribution in [0.2, 0.25) is 5.02 Å². The van der Waals surface area contributed by atoms with E-state index in [4.69, 9.17) is 16.7 Å². The van der Waals surface area contributed by atoms with Crippen molar-refractivity contribution >= 4 is 47.0 Å². The van der Waals surface area contributed by atoms with Crippen LogP contribution < -0.4 is 10.6 Å². The average Bonchev–Trinajstić information content (AvgIpc) is 3.48. The van der Waals surface area contributed by atoms with E-state index in [1.165, 1.54) is 22.0 Å². The van der Waals surface area contributed by atoms with Gasteiger partial charge in [0.2, 0.25) is 5.91 Å². The van der Waals surface area contributed by atoms with Gasteiger partial charge in [0.15, 0.2) is 0 Å². The van der Waals surface area contributed by atoms with Gasteiger partial charge in [-0.25, -0.2) is 4.79 Å². The van der Waals surface area contributed by atoms with Gasteiger partial charge in [0, 0.05) is 34.6 Å². The van der Waals surface area contributed by atoms with Gasteiger partial charge in [-0.15, -0.1) is 5.10 Å². The van der Waals surface area contributed by atoms with Gasteiger partial charge in [-0.2, -0.15) is 4.68 Å². The molecule has 0 saturated carbocycles. The van der Waals surface area contributed by atoms with Gasteiger partial charge in [0.1, 0.15) is 12.4 Å². The fourth-order valence-corrected chi connectivity index (χ4v) is 4.89. The number of hydrogen-bond acceptors (Lipinski definition) is 6. The lowest BCUT2D eigenvalue weighted by molar-refractivity contribution is -0.135. The van der Waals surface area contributed by atoms with Gasteiger partial charge in [-0.3, -0.25) is 14.9 Å². The number of carbonyl (C=O) groups excluding carboxylic acids is 2. The van der Waals surface area contributed by atoms with E-state index in [1.807, 2.05) is 24.3 Å². The van der Waals surface area contributed by atoms with E-state index >= 15 is 0 Å². The van der Waals surface area contributed by atoms with Crippen molar-refractivity contribution in [1.29, 1.82) is 0 Å². The molecule has 2 heterocycles. The Kier molecular flexibility index (Phi) is 7.56. The molecule has 0 bridgehead atoms. The van der Waals surface area contributed by atoms with Crippen molar-refractivity contribution in [2.45, 2.75) is 19.4 Å². The number of benzene rings is 3. The predicted molar refractivity (Wildman–Crippen MR) is 149 cm³/mol. The molecule has 4 aromatic rings. The lowest BCUT2D eigenvalue weighted by Gasteiger charge is -2.36. The summed E-state index contributed by atoms with van der Waals surface area (Å²) in [6.07, 6.45) is 3.83. The molecule has 5 rings (SSSR count). The van der Waals surface area contributed by atoms with Gasteiger partial charge in [0.05, 0.1) is 5.69 Å². The zero-order chi connectivity index (χ0) is 28.2. The number of anilines is 2. The predicted octanol–water partition coefficient (Wildman–Crippen LogP) is 4.49. The Hall–Kier alpha value is -5.03. The molecule has 1 unspecified atom stereocenters. The molecule has 1 aromatic heterocycles. The van der Waals surface area contributed by atoms with Gasteiger partial charge < -0.3 is 15.3 Å². The Bertz CT molecular complexity index is 1620. The molecule has 0 aliphatic carbocycles. The molecule has 1 aliphatic rings. The van der Waals surface area contributed by atoms with Crippen molar-refractivity contribution in [2.24, 2.45) is 0 Å². The highest BCUT2D eigenvalue weighted by atomic mass is 35.5. The molecule has 1 atom stereocenters. The number of carbonyl (C=O) groups is 3. The van der Waals surface area contributed by atoms with Crippen molar-refractivity contribution < 1.29 is 19.5 Å². The third-order valence-corrected chi connectivity index (χ3v) is 6.87. The van der Waals surface area contributed by atoms with Gasteiger partial charge in [-0.05, 0) is 76.9 Å². The zero-order valence-electron chi connectivity index (χ0n) is 21.3. The van der Waals surface area contributed by atoms with Crippen molar-refractivity contribution in [3.05, 3.63) is 100 Å². The largest absolute Gasteiger partial charge is 0.465 e. The molecule has 11 nitrogen and oxygen atoms in total. The van der Waals surface area contributed by atoms with Gasteiger partial charge in [-0.1, -0.05) is 41.9 Å². The van der Waals surface area contributed by atoms with Crippen LogP contribution in [0.1, 0.15) is 28.3 Å². The minimum absolute atomic E-state index is 0.327. The monoisotopic (exact) mass is 557 g/mol. The quantitative estimate of drug-likeness (QED) is 0.296. The van der Waals surface area contributed by atoms with Crippen molar-refractivity contribution in [2.75, 3.05) is 17.2 Å². The summed E-state index contributed by atoms with van der Waals surface area (Å²) in [4.78, 5) is 40.0. The number of carboxylic acid groups (broad SMARTS) is 1. The zero-order valence-corrected chi connectivity index (χ0v) is 22.0. The molecule has 12 heteroatoms. The van der Waals surface area contributed by atoms with Gasteiger partial charge in [0.25, 0.3) is 5.91 Å². The number of halogens is 1. The van der Waals surface area contributed by atoms with E-state index in [9.17, 15) is 14.4 Å². The molecule has 1 aliphatic heterocycles. The Morgan fingerprint density at radius 3 is 2.58 bits per heavy atom. The summed E-state index contributed by atoms with van der Waals surface area (Å²) < 4.78 is 1.46. The Balaban J connectivity index is 1.45. The second-order valence-corrected chi connectivity index (χ2v) is 9.51. The molecule has 3 amide bonds. The second kappa shape index (κ2) is 11.4. The highest BCUT2D eigenvalue weighted by Gasteiger charge is 2.35. The number of fused-ring (bicyclic) bond motifs is 1. The van der Waals surface area contributed by atoms with Crippen molar-refractivity contribution in [1.82, 2.24) is 25.1 Å². The van der Waals surface area contributed by atoms with Crippen molar-refractivity contribution in [3.8, 4) is 5.69 Å². The molecule has 0 radical (unpaired) electrons. The molecule has 0 fully saturated rings. The summed E-state index contributed by atoms with van der Waals surface area (Å²) in [5, 5.41) is 26.1. The summed E-state index contributed by atoms with van der Waals surface area (Å²) in [7, 11) is 0. The van der Waals surface area contributed by atoms with E-state index in [0.29, 0.717) is 46.2 Å². The summed E-state index contributed by atoms with van der Waals surface area (Å²) >= 11 is 6.21. The first-order valence-electron chi connectivity index (χ1n) is 12.3. The number of nitrogens with one attached hydrogen (secondary N) is 2. The van der Waals surface area contributed by atoms with Crippen LogP contribution in [0.4, 0.5) is 16.2 Å². The molecular formula is C28H24ClN7O4. The van der Waals surface area contributed by atoms with Crippen LogP contribution in [0, 0.1) is 6.92 Å². The number of hydrogen-bond donors (Lipinski definition) is 3. The minimum atomic E-state index is -1.21. The topological polar surface area (TPSA) is 142 Å². The summed E-state index contributed by atoms with van der Waals surface area (Å²) in [5.41, 5.74) is 4.28. The first-order chi connectivity index (χ1) is 19.3. The number of rotatable bonds is 6. The van der Waals surface area contributed by atoms with Crippen LogP contribution in [-0.2, 0) is 16.0 Å². The maximum Gasteiger partial charge on any atom is 0.409 e. The van der Waals surface area contributed by atoms with Crippen molar-refractivity contribution in [3.63, 3.8) is 0 Å². The Labute approximate surface area is 234 Å². The van der Waals surface area contributed by atoms with E-state index in [0.717, 1.165) is 11.1 Å². The van der Waals surface area contributed by atoms with Crippen LogP contribution in [0.25, 0.3) is 11.8 Å². The summed E-state index contributed by atoms with van der Waals surface area (Å²) in [5.74, 6) is -0.781. The highest BCUT2D eigenvalue weighted by molar-refractivity contribution is 6.30. The molecular weight excluding hydrogens is 534 g/mol. The average molecular weight is 558 g/mol. The van der Waals surface area contributed by atoms with E-state index in [2.05, 4.69) is 26.2 Å². The molecule has 0 saturated heterocycles. The SMILES string of the molecule is Cc1c(NC(=O)O)cccc1NC(=O)C1c2ccccc2CCN1C(=O)C=Cc1cc(Cl)ccc1-n1cnnn1. The smallest absolute Gasteiger partial charge is 0.409 e. The van der Waals surface area contributed by atoms with Crippen LogP contribution >= 0.6 is 11.6 Å². The highest BCUT2D eigenvalue weighted by Crippen LogP contribution is 2.33. The number of amides is 3. The molecule has 202 valence electrons. The van der Waals surface area contributed by atoms with E-state index < -0.39 is 18.0 Å². The number of nitrogens with zero attached hydrogens (tertiary/aromatic N) is 5. The lowest BCUT2D eigenvalue weighted by atomic mass is 9.91. The van der Waals surface area contributed by atoms with Crippen LogP contribution in [0.15, 0.2) is 73.1 Å². The first-order valence-corrected chi connectivity index (χ1v) is 12.7. The Morgan fingerprint density at radius 1 is 1.05 bits per heavy atom. The molecule has 3 aromatic carbocycles. The molecule has 3 N–H and O–H groups in total. The van der Waals surface area contributed by atoms with E-state index in [1.54, 1.807) is 49.4 Å². The fraction of sp³-hybridized carbons (Fsp3) is 0.143. The summed E-state index contributed by atoms with van der Waals surface area (Å²) in [6.45, 7) is 2.03. The fourth-order valence-electron chi connectivity index (χ4n) is 4.71. The maximum absolute atomic E-state index is 13.8. The molecule has 40 heavy (non-hydrogen) atoms. The standard InChI is InChI=1S/C28H24ClN7O4/c1-17-22(7-4-8-23(17)32-28(39)40)31-27(38)26-21-6-3-2-5-18(21)13-14-35(26)25(37)12-9-19-15-20(29)10-11-24(19)36-16-30-33-34-36/h2-12,15-16,26,32H,13-14H2,1H3,(H,31,38)(H,39,40). The second-order valence-electron chi connectivity index (χ2n) is 9.07. The third kappa shape index (κ3) is 5.54. The van der Waals surface area contributed by atoms with Crippen LogP contribution in [0.3, 0.4) is 0 Å². The number of tetrazole rings is 1.